The first kappa shape index (κ1) is 14.0. The fourth-order valence-corrected chi connectivity index (χ4v) is 3.13. The lowest BCUT2D eigenvalue weighted by molar-refractivity contribution is 1.52. The molecule has 0 bridgehead atoms. The van der Waals surface area contributed by atoms with Gasteiger partial charge in [-0.1, -0.05) is 42.5 Å². The van der Waals surface area contributed by atoms with Crippen molar-refractivity contribution in [2.45, 2.75) is 0 Å². The summed E-state index contributed by atoms with van der Waals surface area (Å²) >= 11 is 8.50. The second-order valence-electron chi connectivity index (χ2n) is 4.75. The van der Waals surface area contributed by atoms with E-state index in [4.69, 9.17) is 18.0 Å². The summed E-state index contributed by atoms with van der Waals surface area (Å²) in [7, 11) is 0. The largest absolute Gasteiger partial charge is 0.389 e. The molecule has 0 aromatic heterocycles. The van der Waals surface area contributed by atoms with Crippen molar-refractivity contribution in [2.24, 2.45) is 5.73 Å². The predicted octanol–water partition coefficient (Wildman–Crippen LogP) is 4.98. The summed E-state index contributed by atoms with van der Waals surface area (Å²) < 4.78 is 0.890. The molecule has 0 unspecified atom stereocenters. The first-order valence-electron chi connectivity index (χ1n) is 6.49. The highest BCUT2D eigenvalue weighted by atomic mass is 79.9. The van der Waals surface area contributed by atoms with Gasteiger partial charge in [-0.25, -0.2) is 0 Å². The molecule has 0 aliphatic heterocycles. The van der Waals surface area contributed by atoms with Crippen molar-refractivity contribution in [3.05, 3.63) is 70.7 Å². The maximum absolute atomic E-state index is 5.66. The third-order valence-electron chi connectivity index (χ3n) is 3.27. The van der Waals surface area contributed by atoms with Crippen LogP contribution in [0, 0.1) is 0 Å². The van der Waals surface area contributed by atoms with Crippen LogP contribution in [-0.2, 0) is 0 Å². The lowest BCUT2D eigenvalue weighted by Crippen LogP contribution is -2.10. The van der Waals surface area contributed by atoms with Crippen molar-refractivity contribution in [3.8, 4) is 0 Å². The number of benzene rings is 3. The number of hydrogen-bond donors (Lipinski definition) is 2. The highest BCUT2D eigenvalue weighted by Gasteiger charge is 2.04. The predicted molar refractivity (Wildman–Crippen MR) is 97.3 cm³/mol. The summed E-state index contributed by atoms with van der Waals surface area (Å²) in [5.41, 5.74) is 8.53. The van der Waals surface area contributed by atoms with Gasteiger partial charge in [0.15, 0.2) is 0 Å². The van der Waals surface area contributed by atoms with Crippen LogP contribution in [0.2, 0.25) is 0 Å². The molecule has 0 saturated heterocycles. The van der Waals surface area contributed by atoms with E-state index in [0.717, 1.165) is 21.4 Å². The molecule has 0 heterocycles. The van der Waals surface area contributed by atoms with Crippen molar-refractivity contribution in [3.63, 3.8) is 0 Å². The number of anilines is 2. The first-order valence-corrected chi connectivity index (χ1v) is 7.69. The van der Waals surface area contributed by atoms with E-state index in [1.165, 1.54) is 10.8 Å². The Labute approximate surface area is 137 Å². The van der Waals surface area contributed by atoms with Crippen LogP contribution in [0.1, 0.15) is 5.56 Å². The fraction of sp³-hybridized carbons (Fsp3) is 0. The molecule has 21 heavy (non-hydrogen) atoms. The molecule has 0 aliphatic carbocycles. The molecule has 2 nitrogen and oxygen atoms in total. The summed E-state index contributed by atoms with van der Waals surface area (Å²) in [6.45, 7) is 0. The Hall–Kier alpha value is -1.91. The summed E-state index contributed by atoms with van der Waals surface area (Å²) in [4.78, 5) is 0.388. The van der Waals surface area contributed by atoms with Gasteiger partial charge in [0.25, 0.3) is 0 Å². The maximum Gasteiger partial charge on any atom is 0.105 e. The highest BCUT2D eigenvalue weighted by Crippen LogP contribution is 2.26. The van der Waals surface area contributed by atoms with Crippen LogP contribution < -0.4 is 11.1 Å². The van der Waals surface area contributed by atoms with Gasteiger partial charge in [-0.05, 0) is 57.0 Å². The summed E-state index contributed by atoms with van der Waals surface area (Å²) in [5, 5.41) is 5.83. The lowest BCUT2D eigenvalue weighted by atomic mass is 10.1. The molecule has 104 valence electrons. The van der Waals surface area contributed by atoms with Crippen LogP contribution in [0.3, 0.4) is 0 Å². The van der Waals surface area contributed by atoms with Crippen LogP contribution in [0.25, 0.3) is 10.8 Å². The van der Waals surface area contributed by atoms with Gasteiger partial charge >= 0.3 is 0 Å². The van der Waals surface area contributed by atoms with Gasteiger partial charge in [0.1, 0.15) is 4.99 Å². The molecule has 0 saturated carbocycles. The number of halogens is 1. The number of hydrogen-bond acceptors (Lipinski definition) is 2. The summed E-state index contributed by atoms with van der Waals surface area (Å²) in [6, 6.07) is 20.5. The SMILES string of the molecule is NC(=S)c1ccc(Nc2ccc3ccccc3c2)cc1Br. The Bertz CT molecular complexity index is 830. The molecule has 0 amide bonds. The molecule has 0 radical (unpaired) electrons. The number of rotatable bonds is 3. The van der Waals surface area contributed by atoms with E-state index in [0.29, 0.717) is 4.99 Å². The molecular formula is C17H13BrN2S. The fourth-order valence-electron chi connectivity index (χ4n) is 2.23. The van der Waals surface area contributed by atoms with E-state index in [2.05, 4.69) is 51.6 Å². The summed E-state index contributed by atoms with van der Waals surface area (Å²) in [6.07, 6.45) is 0. The molecule has 3 N–H and O–H groups in total. The Morgan fingerprint density at radius 2 is 1.57 bits per heavy atom. The van der Waals surface area contributed by atoms with Gasteiger partial charge < -0.3 is 11.1 Å². The van der Waals surface area contributed by atoms with Crippen molar-refractivity contribution in [2.75, 3.05) is 5.32 Å². The van der Waals surface area contributed by atoms with Crippen molar-refractivity contribution < 1.29 is 0 Å². The molecule has 0 aliphatic rings. The Morgan fingerprint density at radius 3 is 2.29 bits per heavy atom. The van der Waals surface area contributed by atoms with Gasteiger partial charge in [0.2, 0.25) is 0 Å². The molecule has 0 atom stereocenters. The molecule has 4 heteroatoms. The van der Waals surface area contributed by atoms with E-state index in [1.54, 1.807) is 0 Å². The van der Waals surface area contributed by atoms with Crippen molar-refractivity contribution in [1.29, 1.82) is 0 Å². The van der Waals surface area contributed by atoms with Gasteiger partial charge in [0.05, 0.1) is 0 Å². The number of fused-ring (bicyclic) bond motifs is 1. The highest BCUT2D eigenvalue weighted by molar-refractivity contribution is 9.10. The quantitative estimate of drug-likeness (QED) is 0.650. The van der Waals surface area contributed by atoms with Gasteiger partial charge in [-0.15, -0.1) is 0 Å². The second-order valence-corrected chi connectivity index (χ2v) is 6.04. The van der Waals surface area contributed by atoms with Crippen molar-refractivity contribution >= 4 is 55.3 Å². The smallest absolute Gasteiger partial charge is 0.105 e. The van der Waals surface area contributed by atoms with Crippen LogP contribution in [-0.4, -0.2) is 4.99 Å². The lowest BCUT2D eigenvalue weighted by Gasteiger charge is -2.10. The maximum atomic E-state index is 5.66. The molecule has 0 fully saturated rings. The minimum Gasteiger partial charge on any atom is -0.389 e. The van der Waals surface area contributed by atoms with E-state index >= 15 is 0 Å². The Kier molecular flexibility index (Phi) is 3.90. The standard InChI is InChI=1S/C17H13BrN2S/c18-16-10-14(7-8-15(16)17(19)21)20-13-6-5-11-3-1-2-4-12(11)9-13/h1-10,20H,(H2,19,21). The summed E-state index contributed by atoms with van der Waals surface area (Å²) in [5.74, 6) is 0. The Morgan fingerprint density at radius 1 is 0.905 bits per heavy atom. The van der Waals surface area contributed by atoms with E-state index < -0.39 is 0 Å². The van der Waals surface area contributed by atoms with Crippen LogP contribution in [0.4, 0.5) is 11.4 Å². The topological polar surface area (TPSA) is 38.0 Å². The van der Waals surface area contributed by atoms with Crippen LogP contribution in [0.5, 0.6) is 0 Å². The van der Waals surface area contributed by atoms with E-state index in [-0.39, 0.29) is 0 Å². The number of thiocarbonyl (C=S) groups is 1. The molecule has 0 spiro atoms. The third kappa shape index (κ3) is 3.06. The molecule has 3 rings (SSSR count). The van der Waals surface area contributed by atoms with Crippen LogP contribution >= 0.6 is 28.1 Å². The molecule has 3 aromatic carbocycles. The number of nitrogens with one attached hydrogen (secondary N) is 1. The van der Waals surface area contributed by atoms with Gasteiger partial charge in [-0.3, -0.25) is 0 Å². The molecule has 3 aromatic rings. The minimum absolute atomic E-state index is 0.388. The van der Waals surface area contributed by atoms with Crippen LogP contribution in [0.15, 0.2) is 65.1 Å². The van der Waals surface area contributed by atoms with Gasteiger partial charge in [-0.2, -0.15) is 0 Å². The average molecular weight is 357 g/mol. The van der Waals surface area contributed by atoms with Crippen molar-refractivity contribution in [1.82, 2.24) is 0 Å². The number of nitrogens with two attached hydrogens (primary N) is 1. The zero-order valence-electron chi connectivity index (χ0n) is 11.1. The average Bonchev–Trinajstić information content (AvgIpc) is 2.47. The first-order chi connectivity index (χ1) is 10.1. The second kappa shape index (κ2) is 5.84. The zero-order valence-corrected chi connectivity index (χ0v) is 13.5. The molecular weight excluding hydrogens is 344 g/mol. The Balaban J connectivity index is 1.91. The van der Waals surface area contributed by atoms with E-state index in [1.807, 2.05) is 30.3 Å². The zero-order chi connectivity index (χ0) is 14.8. The third-order valence-corrected chi connectivity index (χ3v) is 4.15. The minimum atomic E-state index is 0.388. The normalized spacial score (nSPS) is 10.5. The van der Waals surface area contributed by atoms with E-state index in [9.17, 15) is 0 Å². The monoisotopic (exact) mass is 356 g/mol. The van der Waals surface area contributed by atoms with Gasteiger partial charge in [0, 0.05) is 21.4 Å².